The van der Waals surface area contributed by atoms with Gasteiger partial charge in [0.15, 0.2) is 0 Å². The predicted molar refractivity (Wildman–Crippen MR) is 86.6 cm³/mol. The number of nitrogens with one attached hydrogen (secondary N) is 1. The number of benzene rings is 1. The fraction of sp³-hybridized carbons (Fsp3) is 0.529. The fourth-order valence-corrected chi connectivity index (χ4v) is 2.80. The Morgan fingerprint density at radius 2 is 1.86 bits per heavy atom. The molecule has 120 valence electrons. The zero-order valence-corrected chi connectivity index (χ0v) is 13.4. The summed E-state index contributed by atoms with van der Waals surface area (Å²) < 4.78 is 0. The van der Waals surface area contributed by atoms with Crippen LogP contribution in [0.4, 0.5) is 0 Å². The van der Waals surface area contributed by atoms with E-state index in [4.69, 9.17) is 0 Å². The van der Waals surface area contributed by atoms with E-state index in [1.54, 1.807) is 11.9 Å². The molecule has 2 rings (SSSR count). The second kappa shape index (κ2) is 7.94. The van der Waals surface area contributed by atoms with Crippen LogP contribution >= 0.6 is 0 Å². The highest BCUT2D eigenvalue weighted by Crippen LogP contribution is 2.21. The SMILES string of the molecule is CCC(C(=O)N(C)CC(=O)N1CCNCC1)c1ccccc1. The number of piperazine rings is 1. The summed E-state index contributed by atoms with van der Waals surface area (Å²) in [6.45, 7) is 5.24. The topological polar surface area (TPSA) is 52.7 Å². The van der Waals surface area contributed by atoms with E-state index in [2.05, 4.69) is 5.32 Å². The Balaban J connectivity index is 1.96. The Labute approximate surface area is 132 Å². The first kappa shape index (κ1) is 16.5. The average molecular weight is 303 g/mol. The molecule has 0 radical (unpaired) electrons. The lowest BCUT2D eigenvalue weighted by Crippen LogP contribution is -2.50. The molecule has 0 aromatic heterocycles. The molecule has 1 aliphatic rings. The third-order valence-electron chi connectivity index (χ3n) is 4.13. The molecule has 0 spiro atoms. The lowest BCUT2D eigenvalue weighted by Gasteiger charge is -2.30. The van der Waals surface area contributed by atoms with Crippen molar-refractivity contribution in [2.24, 2.45) is 0 Å². The summed E-state index contributed by atoms with van der Waals surface area (Å²) in [5.41, 5.74) is 1.01. The van der Waals surface area contributed by atoms with Crippen LogP contribution in [0.25, 0.3) is 0 Å². The molecule has 5 heteroatoms. The van der Waals surface area contributed by atoms with Gasteiger partial charge in [0.2, 0.25) is 11.8 Å². The summed E-state index contributed by atoms with van der Waals surface area (Å²) in [5.74, 6) is -0.139. The Kier molecular flexibility index (Phi) is 5.95. The number of carbonyl (C=O) groups is 2. The lowest BCUT2D eigenvalue weighted by atomic mass is 9.95. The molecule has 0 bridgehead atoms. The van der Waals surface area contributed by atoms with Crippen molar-refractivity contribution < 1.29 is 9.59 Å². The van der Waals surface area contributed by atoms with E-state index in [1.807, 2.05) is 42.2 Å². The minimum atomic E-state index is -0.179. The van der Waals surface area contributed by atoms with Gasteiger partial charge < -0.3 is 15.1 Å². The zero-order valence-electron chi connectivity index (χ0n) is 13.4. The van der Waals surface area contributed by atoms with Crippen LogP contribution in [0.3, 0.4) is 0 Å². The first-order valence-electron chi connectivity index (χ1n) is 7.92. The molecule has 22 heavy (non-hydrogen) atoms. The summed E-state index contributed by atoms with van der Waals surface area (Å²) in [6, 6.07) is 9.77. The normalized spacial score (nSPS) is 16.2. The Morgan fingerprint density at radius 3 is 2.45 bits per heavy atom. The number of amides is 2. The third-order valence-corrected chi connectivity index (χ3v) is 4.13. The van der Waals surface area contributed by atoms with Crippen LogP contribution in [0.15, 0.2) is 30.3 Å². The van der Waals surface area contributed by atoms with Gasteiger partial charge in [0, 0.05) is 33.2 Å². The summed E-state index contributed by atoms with van der Waals surface area (Å²) in [7, 11) is 1.72. The van der Waals surface area contributed by atoms with Gasteiger partial charge in [-0.3, -0.25) is 9.59 Å². The summed E-state index contributed by atoms with van der Waals surface area (Å²) in [5, 5.41) is 3.22. The van der Waals surface area contributed by atoms with Gasteiger partial charge in [0.25, 0.3) is 0 Å². The molecule has 0 aliphatic carbocycles. The van der Waals surface area contributed by atoms with E-state index in [-0.39, 0.29) is 24.3 Å². The van der Waals surface area contributed by atoms with Gasteiger partial charge in [-0.05, 0) is 12.0 Å². The van der Waals surface area contributed by atoms with Gasteiger partial charge in [-0.15, -0.1) is 0 Å². The highest BCUT2D eigenvalue weighted by Gasteiger charge is 2.25. The van der Waals surface area contributed by atoms with Crippen molar-refractivity contribution in [1.82, 2.24) is 15.1 Å². The Morgan fingerprint density at radius 1 is 1.23 bits per heavy atom. The second-order valence-electron chi connectivity index (χ2n) is 5.70. The molecule has 5 nitrogen and oxygen atoms in total. The monoisotopic (exact) mass is 303 g/mol. The molecule has 1 unspecified atom stereocenters. The highest BCUT2D eigenvalue weighted by molar-refractivity contribution is 5.88. The van der Waals surface area contributed by atoms with Crippen molar-refractivity contribution >= 4 is 11.8 Å². The van der Waals surface area contributed by atoms with Crippen molar-refractivity contribution in [1.29, 1.82) is 0 Å². The Bertz CT molecular complexity index is 498. The van der Waals surface area contributed by atoms with Crippen LogP contribution in [-0.4, -0.2) is 61.4 Å². The first-order valence-corrected chi connectivity index (χ1v) is 7.92. The van der Waals surface area contributed by atoms with Crippen LogP contribution in [0.5, 0.6) is 0 Å². The van der Waals surface area contributed by atoms with Crippen LogP contribution < -0.4 is 5.32 Å². The molecule has 1 saturated heterocycles. The summed E-state index contributed by atoms with van der Waals surface area (Å²) >= 11 is 0. The van der Waals surface area contributed by atoms with E-state index in [0.717, 1.165) is 38.2 Å². The maximum absolute atomic E-state index is 12.6. The van der Waals surface area contributed by atoms with Crippen LogP contribution in [0.1, 0.15) is 24.8 Å². The van der Waals surface area contributed by atoms with Crippen LogP contribution in [-0.2, 0) is 9.59 Å². The number of rotatable bonds is 5. The van der Waals surface area contributed by atoms with Gasteiger partial charge >= 0.3 is 0 Å². The standard InChI is InChI=1S/C17H25N3O2/c1-3-15(14-7-5-4-6-8-14)17(22)19(2)13-16(21)20-11-9-18-10-12-20/h4-8,15,18H,3,9-13H2,1-2H3. The average Bonchev–Trinajstić information content (AvgIpc) is 2.57. The van der Waals surface area contributed by atoms with Crippen molar-refractivity contribution in [2.45, 2.75) is 19.3 Å². The fourth-order valence-electron chi connectivity index (χ4n) is 2.80. The molecule has 1 atom stereocenters. The molecular formula is C17H25N3O2. The van der Waals surface area contributed by atoms with Gasteiger partial charge in [-0.2, -0.15) is 0 Å². The summed E-state index contributed by atoms with van der Waals surface area (Å²) in [6.07, 6.45) is 0.731. The van der Waals surface area contributed by atoms with Crippen molar-refractivity contribution in [3.63, 3.8) is 0 Å². The Hall–Kier alpha value is -1.88. The first-order chi connectivity index (χ1) is 10.6. The quantitative estimate of drug-likeness (QED) is 0.885. The lowest BCUT2D eigenvalue weighted by molar-refractivity contribution is -0.140. The number of nitrogens with zero attached hydrogens (tertiary/aromatic N) is 2. The molecule has 2 amide bonds. The van der Waals surface area contributed by atoms with E-state index >= 15 is 0 Å². The van der Waals surface area contributed by atoms with E-state index < -0.39 is 0 Å². The molecule has 1 aliphatic heterocycles. The van der Waals surface area contributed by atoms with E-state index in [1.165, 1.54) is 0 Å². The number of hydrogen-bond donors (Lipinski definition) is 1. The number of likely N-dealkylation sites (N-methyl/N-ethyl adjacent to an activating group) is 1. The zero-order chi connectivity index (χ0) is 15.9. The molecular weight excluding hydrogens is 278 g/mol. The van der Waals surface area contributed by atoms with E-state index in [0.29, 0.717) is 0 Å². The molecule has 0 saturated carbocycles. The van der Waals surface area contributed by atoms with Gasteiger partial charge in [-0.1, -0.05) is 37.3 Å². The molecule has 1 aromatic rings. The molecule has 1 heterocycles. The van der Waals surface area contributed by atoms with E-state index in [9.17, 15) is 9.59 Å². The minimum Gasteiger partial charge on any atom is -0.339 e. The van der Waals surface area contributed by atoms with Gasteiger partial charge in [0.05, 0.1) is 12.5 Å². The number of carbonyl (C=O) groups excluding carboxylic acids is 2. The van der Waals surface area contributed by atoms with Gasteiger partial charge in [-0.25, -0.2) is 0 Å². The van der Waals surface area contributed by atoms with Crippen molar-refractivity contribution in [3.8, 4) is 0 Å². The van der Waals surface area contributed by atoms with Crippen molar-refractivity contribution in [2.75, 3.05) is 39.8 Å². The van der Waals surface area contributed by atoms with Crippen LogP contribution in [0, 0.1) is 0 Å². The molecule has 1 fully saturated rings. The third kappa shape index (κ3) is 4.07. The summed E-state index contributed by atoms with van der Waals surface area (Å²) in [4.78, 5) is 28.3. The smallest absolute Gasteiger partial charge is 0.242 e. The molecule has 1 aromatic carbocycles. The largest absolute Gasteiger partial charge is 0.339 e. The maximum Gasteiger partial charge on any atom is 0.242 e. The maximum atomic E-state index is 12.6. The predicted octanol–water partition coefficient (Wildman–Crippen LogP) is 1.07. The van der Waals surface area contributed by atoms with Gasteiger partial charge in [0.1, 0.15) is 0 Å². The molecule has 1 N–H and O–H groups in total. The highest BCUT2D eigenvalue weighted by atomic mass is 16.2. The minimum absolute atomic E-state index is 0.0113. The van der Waals surface area contributed by atoms with Crippen LogP contribution in [0.2, 0.25) is 0 Å². The van der Waals surface area contributed by atoms with Crippen molar-refractivity contribution in [3.05, 3.63) is 35.9 Å². The number of hydrogen-bond acceptors (Lipinski definition) is 3. The second-order valence-corrected chi connectivity index (χ2v) is 5.70.